The molecule has 1 aromatic rings. The Morgan fingerprint density at radius 2 is 1.76 bits per heavy atom. The Balaban J connectivity index is 1.94. The van der Waals surface area contributed by atoms with Crippen LogP contribution in [0.15, 0.2) is 22.7 Å². The quantitative estimate of drug-likeness (QED) is 0.867. The van der Waals surface area contributed by atoms with E-state index in [0.29, 0.717) is 10.0 Å². The van der Waals surface area contributed by atoms with E-state index in [0.717, 1.165) is 38.8 Å². The normalized spacial score (nSPS) is 24.1. The number of benzene rings is 1. The molecule has 1 aliphatic heterocycles. The van der Waals surface area contributed by atoms with E-state index in [1.807, 2.05) is 6.07 Å². The van der Waals surface area contributed by atoms with Crippen LogP contribution in [0.2, 0.25) is 0 Å². The van der Waals surface area contributed by atoms with Gasteiger partial charge in [-0.1, -0.05) is 31.4 Å². The molecule has 0 amide bonds. The van der Waals surface area contributed by atoms with Gasteiger partial charge in [-0.05, 0) is 60.8 Å². The summed E-state index contributed by atoms with van der Waals surface area (Å²) in [6.07, 6.45) is 7.11. The molecule has 116 valence electrons. The van der Waals surface area contributed by atoms with Gasteiger partial charge in [-0.25, -0.2) is 4.39 Å². The summed E-state index contributed by atoms with van der Waals surface area (Å²) in [7, 11) is 0. The van der Waals surface area contributed by atoms with Gasteiger partial charge in [0.2, 0.25) is 0 Å². The van der Waals surface area contributed by atoms with Crippen LogP contribution in [0.1, 0.15) is 56.6 Å². The van der Waals surface area contributed by atoms with Crippen molar-refractivity contribution in [3.63, 3.8) is 0 Å². The summed E-state index contributed by atoms with van der Waals surface area (Å²) in [5.74, 6) is -0.312. The Morgan fingerprint density at radius 3 is 2.43 bits per heavy atom. The van der Waals surface area contributed by atoms with Gasteiger partial charge in [0, 0.05) is 5.56 Å². The maximum Gasteiger partial charge on any atom is 0.143 e. The predicted octanol–water partition coefficient (Wildman–Crippen LogP) is 4.42. The van der Waals surface area contributed by atoms with Gasteiger partial charge in [0.15, 0.2) is 0 Å². The van der Waals surface area contributed by atoms with Crippen molar-refractivity contribution in [2.75, 3.05) is 13.1 Å². The molecule has 1 unspecified atom stereocenters. The van der Waals surface area contributed by atoms with Gasteiger partial charge >= 0.3 is 0 Å². The Morgan fingerprint density at radius 1 is 1.10 bits per heavy atom. The van der Waals surface area contributed by atoms with Gasteiger partial charge < -0.3 is 5.11 Å². The molecule has 2 fully saturated rings. The van der Waals surface area contributed by atoms with Crippen LogP contribution in [0, 0.1) is 5.82 Å². The fourth-order valence-electron chi connectivity index (χ4n) is 4.11. The Bertz CT molecular complexity index is 496. The van der Waals surface area contributed by atoms with E-state index < -0.39 is 6.10 Å². The molecule has 1 heterocycles. The molecule has 1 N–H and O–H groups in total. The van der Waals surface area contributed by atoms with Gasteiger partial charge in [-0.15, -0.1) is 0 Å². The third kappa shape index (κ3) is 2.78. The highest BCUT2D eigenvalue weighted by molar-refractivity contribution is 9.10. The highest BCUT2D eigenvalue weighted by atomic mass is 79.9. The zero-order valence-electron chi connectivity index (χ0n) is 12.3. The van der Waals surface area contributed by atoms with Gasteiger partial charge in [-0.2, -0.15) is 0 Å². The number of rotatable bonds is 3. The van der Waals surface area contributed by atoms with Crippen LogP contribution < -0.4 is 0 Å². The number of halogens is 2. The summed E-state index contributed by atoms with van der Waals surface area (Å²) >= 11 is 3.24. The van der Waals surface area contributed by atoms with Gasteiger partial charge in [0.25, 0.3) is 0 Å². The van der Waals surface area contributed by atoms with Crippen molar-refractivity contribution in [2.24, 2.45) is 0 Å². The standard InChI is InChI=1S/C17H23BrFNO/c18-14-8-6-7-13(15(14)19)16(21)17(9-2-3-10-17)20-11-4-1-5-12-20/h6-8,16,21H,1-5,9-12H2. The van der Waals surface area contributed by atoms with Gasteiger partial charge in [0.05, 0.1) is 10.0 Å². The number of piperidine rings is 1. The van der Waals surface area contributed by atoms with Crippen molar-refractivity contribution >= 4 is 15.9 Å². The largest absolute Gasteiger partial charge is 0.386 e. The lowest BCUT2D eigenvalue weighted by Crippen LogP contribution is -2.53. The smallest absolute Gasteiger partial charge is 0.143 e. The van der Waals surface area contributed by atoms with Gasteiger partial charge in [0.1, 0.15) is 11.9 Å². The minimum Gasteiger partial charge on any atom is -0.386 e. The number of hydrogen-bond donors (Lipinski definition) is 1. The van der Waals surface area contributed by atoms with E-state index in [-0.39, 0.29) is 11.4 Å². The predicted molar refractivity (Wildman–Crippen MR) is 85.7 cm³/mol. The molecule has 21 heavy (non-hydrogen) atoms. The molecule has 0 spiro atoms. The summed E-state index contributed by atoms with van der Waals surface area (Å²) in [5, 5.41) is 11.0. The summed E-state index contributed by atoms with van der Waals surface area (Å²) in [4.78, 5) is 2.44. The first-order valence-corrected chi connectivity index (χ1v) is 8.81. The Labute approximate surface area is 134 Å². The maximum atomic E-state index is 14.4. The van der Waals surface area contributed by atoms with E-state index in [2.05, 4.69) is 20.8 Å². The molecule has 3 rings (SSSR count). The SMILES string of the molecule is OC(c1cccc(Br)c1F)C1(N2CCCCC2)CCCC1. The fourth-order valence-corrected chi connectivity index (χ4v) is 4.49. The van der Waals surface area contributed by atoms with E-state index in [4.69, 9.17) is 0 Å². The molecule has 2 aliphatic rings. The lowest BCUT2D eigenvalue weighted by Gasteiger charge is -2.46. The molecule has 0 radical (unpaired) electrons. The second-order valence-electron chi connectivity index (χ2n) is 6.40. The monoisotopic (exact) mass is 355 g/mol. The van der Waals surface area contributed by atoms with E-state index in [9.17, 15) is 9.50 Å². The highest BCUT2D eigenvalue weighted by Gasteiger charge is 2.46. The molecule has 1 atom stereocenters. The molecule has 1 saturated heterocycles. The summed E-state index contributed by atoms with van der Waals surface area (Å²) in [6, 6.07) is 5.23. The van der Waals surface area contributed by atoms with Gasteiger partial charge in [-0.3, -0.25) is 4.90 Å². The van der Waals surface area contributed by atoms with E-state index >= 15 is 0 Å². The lowest BCUT2D eigenvalue weighted by molar-refractivity contribution is -0.0420. The molecule has 4 heteroatoms. The molecular weight excluding hydrogens is 333 g/mol. The zero-order valence-corrected chi connectivity index (χ0v) is 13.9. The molecule has 0 aromatic heterocycles. The molecule has 1 saturated carbocycles. The fraction of sp³-hybridized carbons (Fsp3) is 0.647. The lowest BCUT2D eigenvalue weighted by atomic mass is 9.82. The van der Waals surface area contributed by atoms with Crippen molar-refractivity contribution in [3.05, 3.63) is 34.1 Å². The van der Waals surface area contributed by atoms with Crippen molar-refractivity contribution in [1.82, 2.24) is 4.90 Å². The van der Waals surface area contributed by atoms with Crippen molar-refractivity contribution in [1.29, 1.82) is 0 Å². The van der Waals surface area contributed by atoms with Crippen LogP contribution in [-0.4, -0.2) is 28.6 Å². The first-order valence-electron chi connectivity index (χ1n) is 8.02. The second-order valence-corrected chi connectivity index (χ2v) is 7.26. The molecule has 1 aliphatic carbocycles. The molecule has 2 nitrogen and oxygen atoms in total. The second kappa shape index (κ2) is 6.35. The van der Waals surface area contributed by atoms with Crippen LogP contribution in [0.5, 0.6) is 0 Å². The van der Waals surface area contributed by atoms with Crippen LogP contribution >= 0.6 is 15.9 Å². The van der Waals surface area contributed by atoms with Crippen molar-refractivity contribution < 1.29 is 9.50 Å². The minimum absolute atomic E-state index is 0.262. The van der Waals surface area contributed by atoms with E-state index in [1.165, 1.54) is 19.3 Å². The minimum atomic E-state index is -0.740. The summed E-state index contributed by atoms with van der Waals surface area (Å²) in [6.45, 7) is 2.07. The number of likely N-dealkylation sites (tertiary alicyclic amines) is 1. The molecule has 0 bridgehead atoms. The number of hydrogen-bond acceptors (Lipinski definition) is 2. The first-order chi connectivity index (χ1) is 10.1. The number of nitrogens with zero attached hydrogens (tertiary/aromatic N) is 1. The van der Waals surface area contributed by atoms with Crippen molar-refractivity contribution in [3.8, 4) is 0 Å². The molecular formula is C17H23BrFNO. The first kappa shape index (κ1) is 15.4. The maximum absolute atomic E-state index is 14.4. The van der Waals surface area contributed by atoms with Crippen molar-refractivity contribution in [2.45, 2.75) is 56.6 Å². The van der Waals surface area contributed by atoms with Crippen LogP contribution in [-0.2, 0) is 0 Å². The third-order valence-electron chi connectivity index (χ3n) is 5.24. The molecule has 1 aromatic carbocycles. The third-order valence-corrected chi connectivity index (χ3v) is 5.85. The average molecular weight is 356 g/mol. The topological polar surface area (TPSA) is 23.5 Å². The highest BCUT2D eigenvalue weighted by Crippen LogP contribution is 2.46. The van der Waals surface area contributed by atoms with E-state index in [1.54, 1.807) is 12.1 Å². The number of aliphatic hydroxyl groups is 1. The van der Waals surface area contributed by atoms with Crippen LogP contribution in [0.25, 0.3) is 0 Å². The zero-order chi connectivity index (χ0) is 14.9. The van der Waals surface area contributed by atoms with Crippen LogP contribution in [0.4, 0.5) is 4.39 Å². The average Bonchev–Trinajstić information content (AvgIpc) is 3.01. The Kier molecular flexibility index (Phi) is 4.67. The van der Waals surface area contributed by atoms with Crippen LogP contribution in [0.3, 0.4) is 0 Å². The Hall–Kier alpha value is -0.450. The summed E-state index contributed by atoms with van der Waals surface area (Å²) < 4.78 is 14.9. The summed E-state index contributed by atoms with van der Waals surface area (Å²) in [5.41, 5.74) is 0.180. The number of aliphatic hydroxyl groups excluding tert-OH is 1.